The Morgan fingerprint density at radius 3 is 2.62 bits per heavy atom. The van der Waals surface area contributed by atoms with Crippen molar-refractivity contribution >= 4 is 11.6 Å². The van der Waals surface area contributed by atoms with E-state index in [0.717, 1.165) is 5.56 Å². The minimum Gasteiger partial charge on any atom is -0.373 e. The highest BCUT2D eigenvalue weighted by atomic mass is 19.3. The molecule has 0 aromatic carbocycles. The Balaban J connectivity index is 3.02. The average Bonchev–Trinajstić information content (AvgIpc) is 2.26. The van der Waals surface area contributed by atoms with E-state index < -0.39 is 6.43 Å². The second-order valence-electron chi connectivity index (χ2n) is 3.40. The van der Waals surface area contributed by atoms with E-state index in [1.165, 1.54) is 11.2 Å². The van der Waals surface area contributed by atoms with E-state index in [1.54, 1.807) is 14.1 Å². The van der Waals surface area contributed by atoms with Crippen LogP contribution in [-0.4, -0.2) is 37.0 Å². The number of halogens is 2. The number of nitrogens with zero attached hydrogens (tertiary/aromatic N) is 3. The number of nitrogens with one attached hydrogen (secondary N) is 1. The van der Waals surface area contributed by atoms with Gasteiger partial charge in [0.25, 0.3) is 6.43 Å². The molecule has 1 aromatic rings. The molecule has 90 valence electrons. The van der Waals surface area contributed by atoms with E-state index in [1.807, 2.05) is 6.92 Å². The van der Waals surface area contributed by atoms with Crippen LogP contribution in [0.25, 0.3) is 0 Å². The van der Waals surface area contributed by atoms with Crippen LogP contribution in [0.3, 0.4) is 0 Å². The molecule has 0 saturated carbocycles. The van der Waals surface area contributed by atoms with E-state index in [0.29, 0.717) is 18.1 Å². The summed E-state index contributed by atoms with van der Waals surface area (Å²) in [5.74, 6) is 1.25. The maximum Gasteiger partial charge on any atom is 0.255 e. The van der Waals surface area contributed by atoms with Crippen molar-refractivity contribution in [3.63, 3.8) is 0 Å². The number of hydrogen-bond donors (Lipinski definition) is 1. The Morgan fingerprint density at radius 1 is 1.44 bits per heavy atom. The van der Waals surface area contributed by atoms with Crippen LogP contribution in [0.2, 0.25) is 0 Å². The van der Waals surface area contributed by atoms with Crippen LogP contribution >= 0.6 is 0 Å². The van der Waals surface area contributed by atoms with Crippen LogP contribution in [0.15, 0.2) is 6.33 Å². The second kappa shape index (κ2) is 5.58. The van der Waals surface area contributed by atoms with Gasteiger partial charge in [-0.25, -0.2) is 18.7 Å². The maximum atomic E-state index is 12.3. The summed E-state index contributed by atoms with van der Waals surface area (Å²) in [7, 11) is 3.35. The molecule has 0 amide bonds. The predicted molar refractivity (Wildman–Crippen MR) is 60.2 cm³/mol. The topological polar surface area (TPSA) is 41.1 Å². The van der Waals surface area contributed by atoms with E-state index >= 15 is 0 Å². The fourth-order valence-electron chi connectivity index (χ4n) is 1.57. The van der Waals surface area contributed by atoms with Crippen LogP contribution in [0, 0.1) is 0 Å². The zero-order valence-corrected chi connectivity index (χ0v) is 9.67. The van der Waals surface area contributed by atoms with Crippen molar-refractivity contribution in [3.8, 4) is 0 Å². The molecule has 1 aromatic heterocycles. The summed E-state index contributed by atoms with van der Waals surface area (Å²) in [6.45, 7) is 1.62. The first-order valence-electron chi connectivity index (χ1n) is 5.11. The monoisotopic (exact) mass is 230 g/mol. The van der Waals surface area contributed by atoms with E-state index in [-0.39, 0.29) is 6.54 Å². The van der Waals surface area contributed by atoms with Gasteiger partial charge in [-0.15, -0.1) is 0 Å². The van der Waals surface area contributed by atoms with Crippen molar-refractivity contribution in [1.82, 2.24) is 9.97 Å². The van der Waals surface area contributed by atoms with Gasteiger partial charge in [0, 0.05) is 19.7 Å². The molecule has 16 heavy (non-hydrogen) atoms. The highest BCUT2D eigenvalue weighted by molar-refractivity contribution is 5.58. The highest BCUT2D eigenvalue weighted by Crippen LogP contribution is 2.23. The first-order valence-corrected chi connectivity index (χ1v) is 5.11. The van der Waals surface area contributed by atoms with Crippen molar-refractivity contribution in [2.75, 3.05) is 30.9 Å². The lowest BCUT2D eigenvalue weighted by Gasteiger charge is -2.21. The van der Waals surface area contributed by atoms with Gasteiger partial charge in [0.15, 0.2) is 0 Å². The molecular weight excluding hydrogens is 214 g/mol. The van der Waals surface area contributed by atoms with E-state index in [9.17, 15) is 8.78 Å². The number of rotatable bonds is 5. The van der Waals surface area contributed by atoms with Crippen molar-refractivity contribution in [1.29, 1.82) is 0 Å². The summed E-state index contributed by atoms with van der Waals surface area (Å²) in [5, 5.41) is 2.93. The van der Waals surface area contributed by atoms with Gasteiger partial charge in [0.1, 0.15) is 18.0 Å². The molecule has 1 N–H and O–H groups in total. The van der Waals surface area contributed by atoms with Gasteiger partial charge in [0.05, 0.1) is 6.54 Å². The fraction of sp³-hybridized carbons (Fsp3) is 0.600. The third-order valence-corrected chi connectivity index (χ3v) is 2.29. The van der Waals surface area contributed by atoms with Crippen molar-refractivity contribution in [2.24, 2.45) is 0 Å². The van der Waals surface area contributed by atoms with Gasteiger partial charge in [-0.3, -0.25) is 0 Å². The Hall–Kier alpha value is -1.46. The molecule has 0 fully saturated rings. The zero-order valence-electron chi connectivity index (χ0n) is 9.67. The summed E-state index contributed by atoms with van der Waals surface area (Å²) in [6.07, 6.45) is -0.301. The smallest absolute Gasteiger partial charge is 0.255 e. The first-order chi connectivity index (χ1) is 7.60. The second-order valence-corrected chi connectivity index (χ2v) is 3.40. The van der Waals surface area contributed by atoms with Gasteiger partial charge >= 0.3 is 0 Å². The van der Waals surface area contributed by atoms with E-state index in [4.69, 9.17) is 0 Å². The van der Waals surface area contributed by atoms with E-state index in [2.05, 4.69) is 15.3 Å². The molecule has 1 rings (SSSR count). The molecule has 6 heteroatoms. The highest BCUT2D eigenvalue weighted by Gasteiger charge is 2.15. The zero-order chi connectivity index (χ0) is 12.1. The van der Waals surface area contributed by atoms with Gasteiger partial charge in [-0.2, -0.15) is 0 Å². The minimum atomic E-state index is -2.37. The molecule has 0 unspecified atom stereocenters. The average molecular weight is 230 g/mol. The Bertz CT molecular complexity index is 344. The van der Waals surface area contributed by atoms with Crippen LogP contribution in [-0.2, 0) is 6.42 Å². The summed E-state index contributed by atoms with van der Waals surface area (Å²) in [4.78, 5) is 9.56. The molecular formula is C10H16F2N4. The Kier molecular flexibility index (Phi) is 4.39. The number of alkyl halides is 2. The summed E-state index contributed by atoms with van der Waals surface area (Å²) in [6, 6.07) is 0. The van der Waals surface area contributed by atoms with Crippen molar-refractivity contribution in [3.05, 3.63) is 11.9 Å². The number of hydrogen-bond acceptors (Lipinski definition) is 4. The van der Waals surface area contributed by atoms with Crippen LogP contribution < -0.4 is 10.2 Å². The standard InChI is InChI=1S/C10H16F2N4/c1-4-7-9(13-2)14-6-15-10(7)16(3)5-8(11)12/h6,8H,4-5H2,1-3H3,(H,13,14,15). The maximum absolute atomic E-state index is 12.3. The number of aromatic nitrogens is 2. The lowest BCUT2D eigenvalue weighted by Crippen LogP contribution is -2.26. The predicted octanol–water partition coefficient (Wildman–Crippen LogP) is 1.78. The van der Waals surface area contributed by atoms with Crippen molar-refractivity contribution < 1.29 is 8.78 Å². The normalized spacial score (nSPS) is 10.6. The van der Waals surface area contributed by atoms with Crippen LogP contribution in [0.5, 0.6) is 0 Å². The minimum absolute atomic E-state index is 0.326. The van der Waals surface area contributed by atoms with Gasteiger partial charge in [-0.1, -0.05) is 6.92 Å². The quantitative estimate of drug-likeness (QED) is 0.837. The molecule has 0 bridgehead atoms. The largest absolute Gasteiger partial charge is 0.373 e. The molecule has 0 spiro atoms. The Labute approximate surface area is 93.7 Å². The van der Waals surface area contributed by atoms with Crippen LogP contribution in [0.1, 0.15) is 12.5 Å². The molecule has 0 aliphatic carbocycles. The molecule has 4 nitrogen and oxygen atoms in total. The third-order valence-electron chi connectivity index (χ3n) is 2.29. The lowest BCUT2D eigenvalue weighted by molar-refractivity contribution is 0.156. The summed E-state index contributed by atoms with van der Waals surface area (Å²) >= 11 is 0. The van der Waals surface area contributed by atoms with Gasteiger partial charge in [0.2, 0.25) is 0 Å². The molecule has 0 aliphatic rings. The van der Waals surface area contributed by atoms with Gasteiger partial charge < -0.3 is 10.2 Å². The third kappa shape index (κ3) is 2.77. The first kappa shape index (κ1) is 12.6. The fourth-order valence-corrected chi connectivity index (χ4v) is 1.57. The lowest BCUT2D eigenvalue weighted by atomic mass is 10.2. The van der Waals surface area contributed by atoms with Gasteiger partial charge in [-0.05, 0) is 6.42 Å². The summed E-state index contributed by atoms with van der Waals surface area (Å²) in [5.41, 5.74) is 0.855. The van der Waals surface area contributed by atoms with Crippen LogP contribution in [0.4, 0.5) is 20.4 Å². The molecule has 0 atom stereocenters. The molecule has 0 aliphatic heterocycles. The Morgan fingerprint density at radius 2 is 2.12 bits per heavy atom. The molecule has 0 saturated heterocycles. The number of anilines is 2. The summed E-state index contributed by atoms with van der Waals surface area (Å²) < 4.78 is 24.6. The molecule has 1 heterocycles. The SMILES string of the molecule is CCc1c(NC)ncnc1N(C)CC(F)F. The van der Waals surface area contributed by atoms with Crippen molar-refractivity contribution in [2.45, 2.75) is 19.8 Å². The molecule has 0 radical (unpaired) electrons.